The molecule has 6 nitrogen and oxygen atoms in total. The molecule has 0 atom stereocenters. The number of rotatable bonds is 4. The monoisotopic (exact) mass is 291 g/mol. The van der Waals surface area contributed by atoms with Crippen LogP contribution in [0.1, 0.15) is 34.8 Å². The molecule has 0 amide bonds. The van der Waals surface area contributed by atoms with Crippen LogP contribution in [-0.2, 0) is 19.6 Å². The van der Waals surface area contributed by atoms with Crippen molar-refractivity contribution in [3.63, 3.8) is 0 Å². The number of benzene rings is 1. The Morgan fingerprint density at radius 1 is 1.33 bits per heavy atom. The summed E-state index contributed by atoms with van der Waals surface area (Å²) in [6.07, 6.45) is 3.07. The average Bonchev–Trinajstić information content (AvgIpc) is 2.88. The van der Waals surface area contributed by atoms with Crippen LogP contribution < -0.4 is 4.74 Å². The SMILES string of the molecule is O=C(O)c1cc(F)cc(OCc2nnc3n2CCCC3)c1. The largest absolute Gasteiger partial charge is 0.485 e. The van der Waals surface area contributed by atoms with Crippen LogP contribution in [0.3, 0.4) is 0 Å². The molecule has 1 aromatic heterocycles. The minimum Gasteiger partial charge on any atom is -0.485 e. The van der Waals surface area contributed by atoms with Gasteiger partial charge >= 0.3 is 5.97 Å². The lowest BCUT2D eigenvalue weighted by Gasteiger charge is -2.15. The molecule has 2 heterocycles. The van der Waals surface area contributed by atoms with Crippen molar-refractivity contribution in [1.82, 2.24) is 14.8 Å². The lowest BCUT2D eigenvalue weighted by atomic mass is 10.2. The van der Waals surface area contributed by atoms with Crippen LogP contribution in [-0.4, -0.2) is 25.8 Å². The van der Waals surface area contributed by atoms with E-state index in [-0.39, 0.29) is 17.9 Å². The molecule has 1 N–H and O–H groups in total. The van der Waals surface area contributed by atoms with Crippen LogP contribution in [0.5, 0.6) is 5.75 Å². The van der Waals surface area contributed by atoms with Crippen molar-refractivity contribution in [2.75, 3.05) is 0 Å². The molecule has 0 saturated heterocycles. The Balaban J connectivity index is 1.76. The van der Waals surface area contributed by atoms with Crippen molar-refractivity contribution in [2.45, 2.75) is 32.4 Å². The standard InChI is InChI=1S/C14H14FN3O3/c15-10-5-9(14(19)20)6-11(7-10)21-8-13-17-16-12-3-1-2-4-18(12)13/h5-7H,1-4,8H2,(H,19,20). The van der Waals surface area contributed by atoms with E-state index in [2.05, 4.69) is 10.2 Å². The highest BCUT2D eigenvalue weighted by Gasteiger charge is 2.16. The molecule has 0 aliphatic carbocycles. The fourth-order valence-electron chi connectivity index (χ4n) is 2.39. The molecule has 0 spiro atoms. The van der Waals surface area contributed by atoms with Gasteiger partial charge in [-0.05, 0) is 25.0 Å². The Labute approximate surface area is 120 Å². The van der Waals surface area contributed by atoms with Gasteiger partial charge in [0.15, 0.2) is 5.82 Å². The number of aromatic carboxylic acids is 1. The van der Waals surface area contributed by atoms with Gasteiger partial charge in [-0.15, -0.1) is 10.2 Å². The summed E-state index contributed by atoms with van der Waals surface area (Å²) in [6.45, 7) is 0.986. The van der Waals surface area contributed by atoms with E-state index < -0.39 is 11.8 Å². The highest BCUT2D eigenvalue weighted by atomic mass is 19.1. The van der Waals surface area contributed by atoms with Crippen LogP contribution in [0, 0.1) is 5.82 Å². The molecule has 1 aromatic carbocycles. The number of hydrogen-bond donors (Lipinski definition) is 1. The zero-order chi connectivity index (χ0) is 14.8. The Hall–Kier alpha value is -2.44. The second kappa shape index (κ2) is 5.51. The number of halogens is 1. The maximum Gasteiger partial charge on any atom is 0.335 e. The lowest BCUT2D eigenvalue weighted by Crippen LogP contribution is -2.14. The first-order chi connectivity index (χ1) is 10.1. The van der Waals surface area contributed by atoms with Gasteiger partial charge in [-0.1, -0.05) is 0 Å². The quantitative estimate of drug-likeness (QED) is 0.932. The molecule has 1 aliphatic rings. The molecule has 1 aliphatic heterocycles. The summed E-state index contributed by atoms with van der Waals surface area (Å²) < 4.78 is 20.8. The smallest absolute Gasteiger partial charge is 0.335 e. The Morgan fingerprint density at radius 3 is 3.00 bits per heavy atom. The van der Waals surface area contributed by atoms with Crippen LogP contribution >= 0.6 is 0 Å². The lowest BCUT2D eigenvalue weighted by molar-refractivity contribution is 0.0695. The zero-order valence-corrected chi connectivity index (χ0v) is 11.3. The molecule has 7 heteroatoms. The van der Waals surface area contributed by atoms with Gasteiger partial charge in [0.1, 0.15) is 24.0 Å². The van der Waals surface area contributed by atoms with E-state index >= 15 is 0 Å². The van der Waals surface area contributed by atoms with Crippen molar-refractivity contribution in [3.05, 3.63) is 41.2 Å². The molecule has 21 heavy (non-hydrogen) atoms. The van der Waals surface area contributed by atoms with Crippen molar-refractivity contribution in [2.24, 2.45) is 0 Å². The van der Waals surface area contributed by atoms with E-state index in [4.69, 9.17) is 9.84 Å². The van der Waals surface area contributed by atoms with Gasteiger partial charge in [0.2, 0.25) is 0 Å². The zero-order valence-electron chi connectivity index (χ0n) is 11.3. The third kappa shape index (κ3) is 2.86. The number of aryl methyl sites for hydroxylation is 1. The molecule has 0 unspecified atom stereocenters. The number of ether oxygens (including phenoxy) is 1. The topological polar surface area (TPSA) is 77.2 Å². The molecule has 110 valence electrons. The van der Waals surface area contributed by atoms with Crippen LogP contribution in [0.2, 0.25) is 0 Å². The summed E-state index contributed by atoms with van der Waals surface area (Å²) in [5.74, 6) is -0.0657. The van der Waals surface area contributed by atoms with E-state index in [1.54, 1.807) is 0 Å². The van der Waals surface area contributed by atoms with Gasteiger partial charge in [-0.3, -0.25) is 0 Å². The van der Waals surface area contributed by atoms with Crippen LogP contribution in [0.25, 0.3) is 0 Å². The number of nitrogens with zero attached hydrogens (tertiary/aromatic N) is 3. The maximum atomic E-state index is 13.4. The summed E-state index contributed by atoms with van der Waals surface area (Å²) >= 11 is 0. The number of carboxylic acid groups (broad SMARTS) is 1. The molecule has 3 rings (SSSR count). The number of carbonyl (C=O) groups is 1. The first-order valence-electron chi connectivity index (χ1n) is 6.71. The number of aromatic nitrogens is 3. The van der Waals surface area contributed by atoms with Crippen molar-refractivity contribution in [3.8, 4) is 5.75 Å². The summed E-state index contributed by atoms with van der Waals surface area (Å²) in [5.41, 5.74) is -0.145. The van der Waals surface area contributed by atoms with Crippen molar-refractivity contribution < 1.29 is 19.0 Å². The van der Waals surface area contributed by atoms with Gasteiger partial charge in [-0.2, -0.15) is 0 Å². The van der Waals surface area contributed by atoms with Gasteiger partial charge in [0.05, 0.1) is 5.56 Å². The fraction of sp³-hybridized carbons (Fsp3) is 0.357. The van der Waals surface area contributed by atoms with Crippen molar-refractivity contribution >= 4 is 5.97 Å². The molecule has 2 aromatic rings. The minimum atomic E-state index is -1.20. The summed E-state index contributed by atoms with van der Waals surface area (Å²) in [7, 11) is 0. The Kier molecular flexibility index (Phi) is 3.55. The van der Waals surface area contributed by atoms with Gasteiger partial charge in [-0.25, -0.2) is 9.18 Å². The Morgan fingerprint density at radius 2 is 2.19 bits per heavy atom. The molecule has 0 saturated carbocycles. The van der Waals surface area contributed by atoms with E-state index in [1.165, 1.54) is 6.07 Å². The molecule has 0 radical (unpaired) electrons. The highest BCUT2D eigenvalue weighted by Crippen LogP contribution is 2.19. The second-order valence-electron chi connectivity index (χ2n) is 4.91. The second-order valence-corrected chi connectivity index (χ2v) is 4.91. The highest BCUT2D eigenvalue weighted by molar-refractivity contribution is 5.88. The number of fused-ring (bicyclic) bond motifs is 1. The molecule has 0 fully saturated rings. The van der Waals surface area contributed by atoms with E-state index in [0.29, 0.717) is 5.82 Å². The van der Waals surface area contributed by atoms with E-state index in [0.717, 1.165) is 43.8 Å². The minimum absolute atomic E-state index is 0.134. The summed E-state index contributed by atoms with van der Waals surface area (Å²) in [4.78, 5) is 10.9. The third-order valence-corrected chi connectivity index (χ3v) is 3.42. The van der Waals surface area contributed by atoms with E-state index in [1.807, 2.05) is 4.57 Å². The number of carboxylic acids is 1. The van der Waals surface area contributed by atoms with Crippen LogP contribution in [0.4, 0.5) is 4.39 Å². The normalized spacial score (nSPS) is 13.8. The van der Waals surface area contributed by atoms with Gasteiger partial charge in [0, 0.05) is 19.0 Å². The first kappa shape index (κ1) is 13.5. The molecular formula is C14H14FN3O3. The number of hydrogen-bond acceptors (Lipinski definition) is 4. The molecular weight excluding hydrogens is 277 g/mol. The van der Waals surface area contributed by atoms with Gasteiger partial charge < -0.3 is 14.4 Å². The predicted octanol–water partition coefficient (Wildman–Crippen LogP) is 2.03. The predicted molar refractivity (Wildman–Crippen MR) is 70.7 cm³/mol. The maximum absolute atomic E-state index is 13.4. The molecule has 0 bridgehead atoms. The Bertz CT molecular complexity index is 684. The van der Waals surface area contributed by atoms with Gasteiger partial charge in [0.25, 0.3) is 0 Å². The van der Waals surface area contributed by atoms with E-state index in [9.17, 15) is 9.18 Å². The third-order valence-electron chi connectivity index (χ3n) is 3.42. The summed E-state index contributed by atoms with van der Waals surface area (Å²) in [5, 5.41) is 17.1. The fourth-order valence-corrected chi connectivity index (χ4v) is 2.39. The summed E-state index contributed by atoms with van der Waals surface area (Å²) in [6, 6.07) is 3.40. The van der Waals surface area contributed by atoms with Crippen molar-refractivity contribution in [1.29, 1.82) is 0 Å². The first-order valence-corrected chi connectivity index (χ1v) is 6.71. The van der Waals surface area contributed by atoms with Crippen LogP contribution in [0.15, 0.2) is 18.2 Å². The average molecular weight is 291 g/mol.